The van der Waals surface area contributed by atoms with E-state index in [1.807, 2.05) is 6.92 Å². The summed E-state index contributed by atoms with van der Waals surface area (Å²) in [7, 11) is -3.38. The van der Waals surface area contributed by atoms with Crippen molar-refractivity contribution in [1.82, 2.24) is 4.72 Å². The highest BCUT2D eigenvalue weighted by atomic mass is 79.9. The second-order valence-electron chi connectivity index (χ2n) is 4.88. The molecule has 1 heterocycles. The van der Waals surface area contributed by atoms with Crippen LogP contribution in [0.3, 0.4) is 0 Å². The maximum atomic E-state index is 12.3. The Kier molecular flexibility index (Phi) is 5.50. The van der Waals surface area contributed by atoms with Crippen LogP contribution in [0.5, 0.6) is 0 Å². The van der Waals surface area contributed by atoms with Gasteiger partial charge in [0.1, 0.15) is 0 Å². The van der Waals surface area contributed by atoms with E-state index in [0.717, 1.165) is 21.5 Å². The summed E-state index contributed by atoms with van der Waals surface area (Å²) in [6.45, 7) is 2.35. The minimum atomic E-state index is -3.38. The molecule has 2 atom stereocenters. The molecule has 2 rings (SSSR count). The van der Waals surface area contributed by atoms with Gasteiger partial charge in [-0.25, -0.2) is 13.1 Å². The zero-order chi connectivity index (χ0) is 14.0. The van der Waals surface area contributed by atoms with Gasteiger partial charge in [-0.1, -0.05) is 28.8 Å². The molecule has 0 bridgehead atoms. The maximum Gasteiger partial charge on any atom is 0.241 e. The van der Waals surface area contributed by atoms with Gasteiger partial charge in [0.25, 0.3) is 0 Å². The number of halogens is 2. The van der Waals surface area contributed by atoms with E-state index in [0.29, 0.717) is 22.2 Å². The van der Waals surface area contributed by atoms with Crippen LogP contribution in [-0.4, -0.2) is 19.8 Å². The summed E-state index contributed by atoms with van der Waals surface area (Å²) in [5.41, 5.74) is 0. The van der Waals surface area contributed by atoms with Crippen LogP contribution >= 0.6 is 43.2 Å². The number of alkyl halides is 1. The molecule has 2 unspecified atom stereocenters. The third-order valence-electron chi connectivity index (χ3n) is 3.48. The highest BCUT2D eigenvalue weighted by Crippen LogP contribution is 2.31. The summed E-state index contributed by atoms with van der Waals surface area (Å²) in [5, 5.41) is 0. The number of sulfonamides is 1. The Morgan fingerprint density at radius 1 is 1.42 bits per heavy atom. The number of thiophene rings is 1. The first-order valence-electron chi connectivity index (χ1n) is 6.30. The van der Waals surface area contributed by atoms with Gasteiger partial charge in [0.05, 0.1) is 8.68 Å². The lowest BCUT2D eigenvalue weighted by Gasteiger charge is -2.27. The van der Waals surface area contributed by atoms with E-state index in [4.69, 9.17) is 0 Å². The van der Waals surface area contributed by atoms with Gasteiger partial charge in [-0.3, -0.25) is 0 Å². The lowest BCUT2D eigenvalue weighted by Crippen LogP contribution is -2.34. The largest absolute Gasteiger partial charge is 0.241 e. The Morgan fingerprint density at radius 2 is 2.11 bits per heavy atom. The Morgan fingerprint density at radius 3 is 2.68 bits per heavy atom. The second-order valence-corrected chi connectivity index (χ2v) is 10.4. The fourth-order valence-electron chi connectivity index (χ4n) is 2.38. The molecule has 108 valence electrons. The molecule has 19 heavy (non-hydrogen) atoms. The zero-order valence-corrected chi connectivity index (χ0v) is 15.5. The quantitative estimate of drug-likeness (QED) is 0.732. The molecule has 0 aliphatic heterocycles. The van der Waals surface area contributed by atoms with Crippen LogP contribution < -0.4 is 4.72 Å². The lowest BCUT2D eigenvalue weighted by atomic mass is 9.89. The smallest absolute Gasteiger partial charge is 0.211 e. The zero-order valence-electron chi connectivity index (χ0n) is 10.7. The molecule has 1 aromatic heterocycles. The number of nitrogens with one attached hydrogen (secondary N) is 1. The molecule has 0 spiro atoms. The third kappa shape index (κ3) is 4.03. The van der Waals surface area contributed by atoms with E-state index in [1.165, 1.54) is 24.2 Å². The standard InChI is InChI=1S/C12H17Br2NO2S2/c1-8-11(6-12(14)18-8)19(16,17)15-7-9-4-2-3-5-10(9)13/h6,9-10,15H,2-5,7H2,1H3. The normalized spacial score (nSPS) is 24.6. The Balaban J connectivity index is 2.03. The topological polar surface area (TPSA) is 46.2 Å². The molecule has 0 saturated heterocycles. The Bertz CT molecular complexity index is 542. The maximum absolute atomic E-state index is 12.3. The van der Waals surface area contributed by atoms with E-state index < -0.39 is 10.0 Å². The molecule has 0 radical (unpaired) electrons. The van der Waals surface area contributed by atoms with Gasteiger partial charge in [0.2, 0.25) is 10.0 Å². The fraction of sp³-hybridized carbons (Fsp3) is 0.667. The van der Waals surface area contributed by atoms with Crippen LogP contribution in [0.2, 0.25) is 0 Å². The first-order chi connectivity index (χ1) is 8.90. The molecule has 3 nitrogen and oxygen atoms in total. The van der Waals surface area contributed by atoms with E-state index >= 15 is 0 Å². The van der Waals surface area contributed by atoms with Crippen LogP contribution in [0.4, 0.5) is 0 Å². The number of aryl methyl sites for hydroxylation is 1. The van der Waals surface area contributed by atoms with E-state index in [2.05, 4.69) is 36.6 Å². The minimum absolute atomic E-state index is 0.394. The van der Waals surface area contributed by atoms with Crippen LogP contribution in [0.1, 0.15) is 30.6 Å². The molecule has 1 aromatic rings. The van der Waals surface area contributed by atoms with Crippen molar-refractivity contribution in [3.8, 4) is 0 Å². The monoisotopic (exact) mass is 429 g/mol. The number of hydrogen-bond acceptors (Lipinski definition) is 3. The highest BCUT2D eigenvalue weighted by Gasteiger charge is 2.26. The van der Waals surface area contributed by atoms with Crippen LogP contribution in [0.25, 0.3) is 0 Å². The number of rotatable bonds is 4. The van der Waals surface area contributed by atoms with Crippen molar-refractivity contribution >= 4 is 53.2 Å². The van der Waals surface area contributed by atoms with Gasteiger partial charge < -0.3 is 0 Å². The summed E-state index contributed by atoms with van der Waals surface area (Å²) < 4.78 is 28.2. The SMILES string of the molecule is Cc1sc(Br)cc1S(=O)(=O)NCC1CCCCC1Br. The summed E-state index contributed by atoms with van der Waals surface area (Å²) in [6.07, 6.45) is 4.65. The van der Waals surface area contributed by atoms with E-state index in [1.54, 1.807) is 6.07 Å². The van der Waals surface area contributed by atoms with Crippen molar-refractivity contribution in [3.05, 3.63) is 14.7 Å². The fourth-order valence-corrected chi connectivity index (χ4v) is 6.67. The van der Waals surface area contributed by atoms with Crippen molar-refractivity contribution in [1.29, 1.82) is 0 Å². The van der Waals surface area contributed by atoms with Gasteiger partial charge in [0, 0.05) is 16.2 Å². The van der Waals surface area contributed by atoms with E-state index in [9.17, 15) is 8.42 Å². The Labute approximate surface area is 135 Å². The predicted octanol–water partition coefficient (Wildman–Crippen LogP) is 4.05. The van der Waals surface area contributed by atoms with Crippen molar-refractivity contribution < 1.29 is 8.42 Å². The van der Waals surface area contributed by atoms with Gasteiger partial charge in [-0.2, -0.15) is 0 Å². The first-order valence-corrected chi connectivity index (χ1v) is 10.3. The predicted molar refractivity (Wildman–Crippen MR) is 86.6 cm³/mol. The molecule has 1 aliphatic rings. The summed E-state index contributed by atoms with van der Waals surface area (Å²) in [5.74, 6) is 0.394. The van der Waals surface area contributed by atoms with Gasteiger partial charge in [0.15, 0.2) is 0 Å². The summed E-state index contributed by atoms with van der Waals surface area (Å²) >= 11 is 8.43. The van der Waals surface area contributed by atoms with Crippen molar-refractivity contribution in [2.45, 2.75) is 42.3 Å². The summed E-state index contributed by atoms with van der Waals surface area (Å²) in [6, 6.07) is 1.68. The second kappa shape index (κ2) is 6.56. The van der Waals surface area contributed by atoms with Crippen molar-refractivity contribution in [3.63, 3.8) is 0 Å². The molecule has 1 saturated carbocycles. The average molecular weight is 431 g/mol. The molecule has 7 heteroatoms. The van der Waals surface area contributed by atoms with Crippen LogP contribution in [-0.2, 0) is 10.0 Å². The van der Waals surface area contributed by atoms with Crippen molar-refractivity contribution in [2.75, 3.05) is 6.54 Å². The van der Waals surface area contributed by atoms with Gasteiger partial charge in [-0.15, -0.1) is 11.3 Å². The van der Waals surface area contributed by atoms with Crippen molar-refractivity contribution in [2.24, 2.45) is 5.92 Å². The van der Waals surface area contributed by atoms with Gasteiger partial charge in [-0.05, 0) is 47.7 Å². The minimum Gasteiger partial charge on any atom is -0.211 e. The third-order valence-corrected chi connectivity index (χ3v) is 7.92. The first kappa shape index (κ1) is 15.9. The average Bonchev–Trinajstić information content (AvgIpc) is 2.68. The number of hydrogen-bond donors (Lipinski definition) is 1. The highest BCUT2D eigenvalue weighted by molar-refractivity contribution is 9.11. The van der Waals surface area contributed by atoms with Gasteiger partial charge >= 0.3 is 0 Å². The molecule has 0 amide bonds. The lowest BCUT2D eigenvalue weighted by molar-refractivity contribution is 0.373. The Hall–Kier alpha value is 0.570. The van der Waals surface area contributed by atoms with Crippen LogP contribution in [0.15, 0.2) is 14.7 Å². The van der Waals surface area contributed by atoms with E-state index in [-0.39, 0.29) is 0 Å². The molecular formula is C12H17Br2NO2S2. The van der Waals surface area contributed by atoms with Crippen LogP contribution in [0, 0.1) is 12.8 Å². The molecule has 1 fully saturated rings. The molecular weight excluding hydrogens is 414 g/mol. The summed E-state index contributed by atoms with van der Waals surface area (Å²) in [4.78, 5) is 1.64. The molecule has 0 aromatic carbocycles. The molecule has 1 aliphatic carbocycles. The molecule has 1 N–H and O–H groups in total.